The number of aliphatic hydroxyl groups is 1. The third-order valence-electron chi connectivity index (χ3n) is 3.72. The molecule has 1 aliphatic rings. The summed E-state index contributed by atoms with van der Waals surface area (Å²) in [5.74, 6) is -0.892. The van der Waals surface area contributed by atoms with Gasteiger partial charge in [0, 0.05) is 0 Å². The molecule has 0 bridgehead atoms. The summed E-state index contributed by atoms with van der Waals surface area (Å²) >= 11 is 0. The number of amides is 1. The van der Waals surface area contributed by atoms with Gasteiger partial charge in [0.1, 0.15) is 11.7 Å². The minimum Gasteiger partial charge on any atom is -0.460 e. The van der Waals surface area contributed by atoms with Crippen molar-refractivity contribution in [2.45, 2.75) is 77.5 Å². The molecular weight excluding hydrogens is 286 g/mol. The molecule has 0 radical (unpaired) electrons. The maximum Gasteiger partial charge on any atom is 0.408 e. The Hall–Kier alpha value is -1.30. The molecule has 1 saturated carbocycles. The second-order valence-corrected chi connectivity index (χ2v) is 6.80. The molecule has 0 aliphatic heterocycles. The lowest BCUT2D eigenvalue weighted by atomic mass is 9.92. The van der Waals surface area contributed by atoms with Crippen LogP contribution in [0.25, 0.3) is 0 Å². The molecule has 22 heavy (non-hydrogen) atoms. The van der Waals surface area contributed by atoms with E-state index in [9.17, 15) is 14.7 Å². The van der Waals surface area contributed by atoms with E-state index in [0.29, 0.717) is 12.8 Å². The van der Waals surface area contributed by atoms with Crippen LogP contribution >= 0.6 is 0 Å². The molecule has 1 amide bonds. The first-order valence-corrected chi connectivity index (χ1v) is 8.07. The van der Waals surface area contributed by atoms with Crippen molar-refractivity contribution in [3.8, 4) is 0 Å². The number of carbonyl (C=O) groups is 2. The molecule has 0 aromatic carbocycles. The predicted molar refractivity (Wildman–Crippen MR) is 82.4 cm³/mol. The molecule has 1 fully saturated rings. The average molecular weight is 315 g/mol. The molecule has 128 valence electrons. The Labute approximate surface area is 132 Å². The number of aliphatic hydroxyl groups excluding tert-OH is 1. The van der Waals surface area contributed by atoms with Gasteiger partial charge in [-0.25, -0.2) is 4.79 Å². The van der Waals surface area contributed by atoms with Crippen LogP contribution < -0.4 is 5.32 Å². The number of rotatable bonds is 5. The third-order valence-corrected chi connectivity index (χ3v) is 3.72. The van der Waals surface area contributed by atoms with E-state index in [1.54, 1.807) is 20.8 Å². The van der Waals surface area contributed by atoms with Crippen molar-refractivity contribution in [1.82, 2.24) is 5.32 Å². The van der Waals surface area contributed by atoms with Crippen molar-refractivity contribution >= 4 is 12.1 Å². The Kier molecular flexibility index (Phi) is 7.13. The summed E-state index contributed by atoms with van der Waals surface area (Å²) in [5, 5.41) is 12.0. The number of hydrogen-bond acceptors (Lipinski definition) is 5. The Morgan fingerprint density at radius 1 is 1.27 bits per heavy atom. The number of esters is 1. The van der Waals surface area contributed by atoms with Crippen molar-refractivity contribution in [1.29, 1.82) is 0 Å². The Morgan fingerprint density at radius 2 is 1.91 bits per heavy atom. The summed E-state index contributed by atoms with van der Waals surface area (Å²) in [5.41, 5.74) is -0.560. The van der Waals surface area contributed by atoms with Gasteiger partial charge >= 0.3 is 12.1 Å². The molecule has 0 aromatic rings. The predicted octanol–water partition coefficient (Wildman–Crippen LogP) is 2.38. The number of hydrogen-bond donors (Lipinski definition) is 2. The van der Waals surface area contributed by atoms with Gasteiger partial charge in [-0.1, -0.05) is 13.3 Å². The molecule has 1 unspecified atom stereocenters. The number of carbonyl (C=O) groups excluding carboxylic acids is 2. The molecule has 6 heteroatoms. The van der Waals surface area contributed by atoms with Crippen LogP contribution in [0.1, 0.15) is 59.8 Å². The molecule has 0 spiro atoms. The van der Waals surface area contributed by atoms with Gasteiger partial charge in [0.25, 0.3) is 0 Å². The zero-order valence-corrected chi connectivity index (χ0v) is 14.1. The molecule has 6 nitrogen and oxygen atoms in total. The van der Waals surface area contributed by atoms with Gasteiger partial charge in [0.2, 0.25) is 0 Å². The summed E-state index contributed by atoms with van der Waals surface area (Å²) in [6.07, 6.45) is 3.10. The van der Waals surface area contributed by atoms with Gasteiger partial charge in [-0.2, -0.15) is 0 Å². The van der Waals surface area contributed by atoms with Gasteiger partial charge in [0.05, 0.1) is 18.6 Å². The van der Waals surface area contributed by atoms with Crippen molar-refractivity contribution in [3.63, 3.8) is 0 Å². The van der Waals surface area contributed by atoms with Crippen LogP contribution in [-0.2, 0) is 14.3 Å². The van der Waals surface area contributed by atoms with Crippen LogP contribution in [0.3, 0.4) is 0 Å². The summed E-state index contributed by atoms with van der Waals surface area (Å²) in [4.78, 5) is 23.9. The van der Waals surface area contributed by atoms with E-state index in [-0.39, 0.29) is 18.8 Å². The lowest BCUT2D eigenvalue weighted by molar-refractivity contribution is -0.158. The fourth-order valence-corrected chi connectivity index (χ4v) is 2.48. The van der Waals surface area contributed by atoms with Crippen LogP contribution in [-0.4, -0.2) is 41.5 Å². The first kappa shape index (κ1) is 18.7. The van der Waals surface area contributed by atoms with Crippen LogP contribution in [0.2, 0.25) is 0 Å². The van der Waals surface area contributed by atoms with Crippen LogP contribution in [0, 0.1) is 5.92 Å². The standard InChI is InChI=1S/C16H29NO5/c1-5-11(10-18)14(19)21-13-9-7-6-8-12(13)17-15(20)22-16(2,3)4/h11-13,18H,5-10H2,1-4H3,(H,17,20)/t11?,12-,13-/m1/s1. The zero-order valence-electron chi connectivity index (χ0n) is 14.1. The third kappa shape index (κ3) is 6.22. The normalized spacial score (nSPS) is 23.5. The van der Waals surface area contributed by atoms with Crippen molar-refractivity contribution in [2.24, 2.45) is 5.92 Å². The molecule has 2 N–H and O–H groups in total. The van der Waals surface area contributed by atoms with Crippen LogP contribution in [0.4, 0.5) is 4.79 Å². The minimum atomic E-state index is -0.560. The molecule has 0 saturated heterocycles. The van der Waals surface area contributed by atoms with E-state index in [1.807, 2.05) is 6.92 Å². The smallest absolute Gasteiger partial charge is 0.408 e. The van der Waals surface area contributed by atoms with Gasteiger partial charge in [-0.15, -0.1) is 0 Å². The number of alkyl carbamates (subject to hydrolysis) is 1. The first-order valence-electron chi connectivity index (χ1n) is 8.07. The van der Waals surface area contributed by atoms with Crippen LogP contribution in [0.15, 0.2) is 0 Å². The highest BCUT2D eigenvalue weighted by atomic mass is 16.6. The number of nitrogens with one attached hydrogen (secondary N) is 1. The Morgan fingerprint density at radius 3 is 2.45 bits per heavy atom. The highest BCUT2D eigenvalue weighted by Crippen LogP contribution is 2.23. The van der Waals surface area contributed by atoms with E-state index in [2.05, 4.69) is 5.32 Å². The fraction of sp³-hybridized carbons (Fsp3) is 0.875. The molecule has 3 atom stereocenters. The lowest BCUT2D eigenvalue weighted by Gasteiger charge is -2.33. The molecule has 0 aromatic heterocycles. The molecular formula is C16H29NO5. The Balaban J connectivity index is 2.60. The van der Waals surface area contributed by atoms with Gasteiger partial charge in [0.15, 0.2) is 0 Å². The maximum atomic E-state index is 12.0. The second kappa shape index (κ2) is 8.36. The van der Waals surface area contributed by atoms with Gasteiger partial charge < -0.3 is 19.9 Å². The molecule has 0 heterocycles. The molecule has 1 rings (SSSR count). The van der Waals surface area contributed by atoms with E-state index in [1.165, 1.54) is 0 Å². The van der Waals surface area contributed by atoms with E-state index in [4.69, 9.17) is 9.47 Å². The minimum absolute atomic E-state index is 0.216. The lowest BCUT2D eigenvalue weighted by Crippen LogP contribution is -2.49. The highest BCUT2D eigenvalue weighted by Gasteiger charge is 2.32. The number of ether oxygens (including phenoxy) is 2. The quantitative estimate of drug-likeness (QED) is 0.761. The summed E-state index contributed by atoms with van der Waals surface area (Å²) in [7, 11) is 0. The van der Waals surface area contributed by atoms with E-state index in [0.717, 1.165) is 19.3 Å². The first-order chi connectivity index (χ1) is 10.3. The van der Waals surface area contributed by atoms with Crippen molar-refractivity contribution in [3.05, 3.63) is 0 Å². The molecule has 1 aliphatic carbocycles. The summed E-state index contributed by atoms with van der Waals surface area (Å²) < 4.78 is 10.8. The van der Waals surface area contributed by atoms with E-state index >= 15 is 0 Å². The summed E-state index contributed by atoms with van der Waals surface area (Å²) in [6.45, 7) is 7.03. The van der Waals surface area contributed by atoms with Crippen molar-refractivity contribution in [2.75, 3.05) is 6.61 Å². The topological polar surface area (TPSA) is 84.9 Å². The Bertz CT molecular complexity index is 373. The monoisotopic (exact) mass is 315 g/mol. The average Bonchev–Trinajstić information content (AvgIpc) is 2.40. The van der Waals surface area contributed by atoms with Crippen LogP contribution in [0.5, 0.6) is 0 Å². The highest BCUT2D eigenvalue weighted by molar-refractivity contribution is 5.73. The van der Waals surface area contributed by atoms with Gasteiger partial charge in [-0.05, 0) is 46.5 Å². The second-order valence-electron chi connectivity index (χ2n) is 6.80. The van der Waals surface area contributed by atoms with E-state index < -0.39 is 23.6 Å². The SMILES string of the molecule is CCC(CO)C(=O)O[C@@H]1CCCC[C@H]1NC(=O)OC(C)(C)C. The fourth-order valence-electron chi connectivity index (χ4n) is 2.48. The van der Waals surface area contributed by atoms with Gasteiger partial charge in [-0.3, -0.25) is 4.79 Å². The largest absolute Gasteiger partial charge is 0.460 e. The summed E-state index contributed by atoms with van der Waals surface area (Å²) in [6, 6.07) is -0.233. The zero-order chi connectivity index (χ0) is 16.8. The maximum absolute atomic E-state index is 12.0. The van der Waals surface area contributed by atoms with Crippen molar-refractivity contribution < 1.29 is 24.2 Å².